The fourth-order valence-electron chi connectivity index (χ4n) is 5.41. The van der Waals surface area contributed by atoms with E-state index in [-0.39, 0.29) is 12.4 Å². The highest BCUT2D eigenvalue weighted by atomic mass is 19.4. The van der Waals surface area contributed by atoms with E-state index >= 15 is 0 Å². The number of piperidine rings is 1. The summed E-state index contributed by atoms with van der Waals surface area (Å²) in [6.07, 6.45) is 19.8. The van der Waals surface area contributed by atoms with Gasteiger partial charge in [0.1, 0.15) is 5.75 Å². The summed E-state index contributed by atoms with van der Waals surface area (Å²) in [5.74, 6) is 1.62. The van der Waals surface area contributed by atoms with Crippen LogP contribution in [0.2, 0.25) is 0 Å². The van der Waals surface area contributed by atoms with Crippen LogP contribution in [0.5, 0.6) is 5.75 Å². The minimum atomic E-state index is -4.32. The SMILES string of the molecule is C/C=C\CCCC.FC(F)(F)c1cccc(OCC/C=C/C2CCCC2)c1.O=CNCCCN1CCC(CCCO[N+](=O)[O-])CC1. The number of allylic oxidation sites excluding steroid dienone is 3. The van der Waals surface area contributed by atoms with E-state index in [1.54, 1.807) is 6.07 Å². The zero-order chi connectivity index (χ0) is 33.9. The molecule has 1 saturated carbocycles. The maximum absolute atomic E-state index is 12.5. The van der Waals surface area contributed by atoms with Crippen LogP contribution in [0.3, 0.4) is 0 Å². The summed E-state index contributed by atoms with van der Waals surface area (Å²) in [6.45, 7) is 8.83. The number of ether oxygens (including phenoxy) is 1. The van der Waals surface area contributed by atoms with Gasteiger partial charge in [0, 0.05) is 6.54 Å². The zero-order valence-electron chi connectivity index (χ0n) is 27.9. The summed E-state index contributed by atoms with van der Waals surface area (Å²) in [6, 6.07) is 5.01. The van der Waals surface area contributed by atoms with Gasteiger partial charge < -0.3 is 19.8 Å². The molecule has 0 unspecified atom stereocenters. The summed E-state index contributed by atoms with van der Waals surface area (Å²) in [5, 5.41) is 11.9. The van der Waals surface area contributed by atoms with E-state index in [0.29, 0.717) is 18.4 Å². The van der Waals surface area contributed by atoms with Crippen molar-refractivity contribution in [3.05, 3.63) is 64.2 Å². The van der Waals surface area contributed by atoms with E-state index in [1.807, 2.05) is 0 Å². The van der Waals surface area contributed by atoms with Crippen molar-refractivity contribution in [2.45, 2.75) is 103 Å². The molecule has 1 aromatic carbocycles. The van der Waals surface area contributed by atoms with Gasteiger partial charge in [-0.25, -0.2) is 0 Å². The quantitative estimate of drug-likeness (QED) is 0.0559. The number of benzene rings is 1. The Morgan fingerprint density at radius 1 is 1.04 bits per heavy atom. The summed E-state index contributed by atoms with van der Waals surface area (Å²) >= 11 is 0. The number of nitrogens with zero attached hydrogens (tertiary/aromatic N) is 2. The molecule has 0 radical (unpaired) electrons. The number of hydrogen-bond donors (Lipinski definition) is 1. The number of alkyl halides is 3. The molecule has 2 fully saturated rings. The molecule has 1 N–H and O–H groups in total. The normalized spacial score (nSPS) is 16.0. The number of halogens is 3. The highest BCUT2D eigenvalue weighted by Crippen LogP contribution is 2.31. The summed E-state index contributed by atoms with van der Waals surface area (Å²) < 4.78 is 42.9. The van der Waals surface area contributed by atoms with Crippen molar-refractivity contribution in [1.29, 1.82) is 0 Å². The smallest absolute Gasteiger partial charge is 0.416 e. The van der Waals surface area contributed by atoms with E-state index < -0.39 is 16.8 Å². The third-order valence-electron chi connectivity index (χ3n) is 8.02. The van der Waals surface area contributed by atoms with Gasteiger partial charge in [0.15, 0.2) is 0 Å². The molecule has 1 aliphatic carbocycles. The molecule has 0 spiro atoms. The van der Waals surface area contributed by atoms with Crippen molar-refractivity contribution in [3.8, 4) is 5.75 Å². The lowest BCUT2D eigenvalue weighted by atomic mass is 9.92. The third kappa shape index (κ3) is 21.6. The third-order valence-corrected chi connectivity index (χ3v) is 8.02. The van der Waals surface area contributed by atoms with Crippen LogP contribution in [0.4, 0.5) is 13.2 Å². The van der Waals surface area contributed by atoms with Crippen molar-refractivity contribution in [2.75, 3.05) is 39.4 Å². The number of carbonyl (C=O) groups excluding carboxylic acids is 1. The second-order valence-corrected chi connectivity index (χ2v) is 11.8. The van der Waals surface area contributed by atoms with Crippen LogP contribution in [0, 0.1) is 22.0 Å². The Hall–Kier alpha value is -3.08. The summed E-state index contributed by atoms with van der Waals surface area (Å²) in [5.41, 5.74) is -0.670. The Morgan fingerprint density at radius 2 is 1.78 bits per heavy atom. The van der Waals surface area contributed by atoms with Gasteiger partial charge in [0.05, 0.1) is 18.8 Å². The van der Waals surface area contributed by atoms with Gasteiger partial charge in [0.2, 0.25) is 6.41 Å². The topological polar surface area (TPSA) is 93.9 Å². The van der Waals surface area contributed by atoms with Crippen LogP contribution in [-0.2, 0) is 15.8 Å². The highest BCUT2D eigenvalue weighted by molar-refractivity contribution is 5.45. The minimum absolute atomic E-state index is 0.213. The molecule has 8 nitrogen and oxygen atoms in total. The van der Waals surface area contributed by atoms with E-state index in [0.717, 1.165) is 83.2 Å². The molecule has 262 valence electrons. The molecule has 2 aliphatic rings. The van der Waals surface area contributed by atoms with Crippen molar-refractivity contribution < 1.29 is 32.6 Å². The molecule has 0 bridgehead atoms. The van der Waals surface area contributed by atoms with E-state index in [9.17, 15) is 28.1 Å². The molecule has 0 aromatic heterocycles. The van der Waals surface area contributed by atoms with Gasteiger partial charge >= 0.3 is 6.18 Å². The van der Waals surface area contributed by atoms with Gasteiger partial charge in [0.25, 0.3) is 5.09 Å². The Labute approximate surface area is 273 Å². The second kappa shape index (κ2) is 26.0. The van der Waals surface area contributed by atoms with Crippen LogP contribution in [0.1, 0.15) is 103 Å². The number of unbranched alkanes of at least 4 members (excludes halogenated alkanes) is 2. The lowest BCUT2D eigenvalue weighted by molar-refractivity contribution is -0.757. The predicted octanol–water partition coefficient (Wildman–Crippen LogP) is 8.80. The Bertz CT molecular complexity index is 976. The molecule has 1 aliphatic heterocycles. The summed E-state index contributed by atoms with van der Waals surface area (Å²) in [7, 11) is 0. The number of carbonyl (C=O) groups is 1. The van der Waals surface area contributed by atoms with Crippen LogP contribution >= 0.6 is 0 Å². The van der Waals surface area contributed by atoms with E-state index in [4.69, 9.17) is 4.74 Å². The largest absolute Gasteiger partial charge is 0.493 e. The van der Waals surface area contributed by atoms with Crippen molar-refractivity contribution >= 4 is 6.41 Å². The molecule has 46 heavy (non-hydrogen) atoms. The molecular weight excluding hydrogens is 599 g/mol. The first-order chi connectivity index (χ1) is 22.2. The van der Waals surface area contributed by atoms with E-state index in [1.165, 1.54) is 51.0 Å². The van der Waals surface area contributed by atoms with Crippen LogP contribution < -0.4 is 10.1 Å². The maximum Gasteiger partial charge on any atom is 0.416 e. The Morgan fingerprint density at radius 3 is 2.41 bits per heavy atom. The molecular formula is C35H56F3N3O5. The number of hydrogen-bond acceptors (Lipinski definition) is 6. The van der Waals surface area contributed by atoms with Crippen LogP contribution in [-0.4, -0.2) is 55.8 Å². The number of nitrogens with one attached hydrogen (secondary N) is 1. The number of amides is 1. The molecule has 1 aromatic rings. The lowest BCUT2D eigenvalue weighted by Crippen LogP contribution is -2.35. The molecule has 1 heterocycles. The fourth-order valence-corrected chi connectivity index (χ4v) is 5.41. The maximum atomic E-state index is 12.5. The van der Waals surface area contributed by atoms with Crippen LogP contribution in [0.15, 0.2) is 48.6 Å². The van der Waals surface area contributed by atoms with Gasteiger partial charge in [-0.2, -0.15) is 13.2 Å². The standard InChI is InChI=1S/C16H19F3O.C12H23N3O4.C7H14/c17-16(18,19)14-9-5-10-15(12-14)20-11-4-3-8-13-6-1-2-7-13;16-11-13-6-2-7-14-8-4-12(5-9-14)3-1-10-19-15(17)18;1-3-5-7-6-4-2/h3,5,8-10,12-13H,1-2,4,6-7,11H2;11-12H,1-10H2,(H,13,16);3,5H,4,6-7H2,1-2H3/b8-3+;;5-3-. The average Bonchev–Trinajstić information content (AvgIpc) is 3.56. The molecule has 3 rings (SSSR count). The first-order valence-corrected chi connectivity index (χ1v) is 16.9. The van der Waals surface area contributed by atoms with Crippen LogP contribution in [0.25, 0.3) is 0 Å². The average molecular weight is 656 g/mol. The highest BCUT2D eigenvalue weighted by Gasteiger charge is 2.30. The van der Waals surface area contributed by atoms with Gasteiger partial charge in [-0.3, -0.25) is 4.79 Å². The fraction of sp³-hybridized carbons (Fsp3) is 0.686. The zero-order valence-corrected chi connectivity index (χ0v) is 27.9. The van der Waals surface area contributed by atoms with Gasteiger partial charge in [-0.05, 0) is 114 Å². The van der Waals surface area contributed by atoms with Gasteiger partial charge in [-0.1, -0.05) is 63.0 Å². The Kier molecular flexibility index (Phi) is 23.2. The monoisotopic (exact) mass is 655 g/mol. The molecule has 11 heteroatoms. The Balaban J connectivity index is 0.000000383. The van der Waals surface area contributed by atoms with Crippen molar-refractivity contribution in [2.24, 2.45) is 11.8 Å². The predicted molar refractivity (Wildman–Crippen MR) is 177 cm³/mol. The first kappa shape index (κ1) is 40.9. The summed E-state index contributed by atoms with van der Waals surface area (Å²) in [4.78, 5) is 26.8. The minimum Gasteiger partial charge on any atom is -0.493 e. The first-order valence-electron chi connectivity index (χ1n) is 16.9. The molecule has 1 saturated heterocycles. The molecule has 1 amide bonds. The lowest BCUT2D eigenvalue weighted by Gasteiger charge is -2.31. The number of likely N-dealkylation sites (tertiary alicyclic amines) is 1. The van der Waals surface area contributed by atoms with Crippen molar-refractivity contribution in [3.63, 3.8) is 0 Å². The van der Waals surface area contributed by atoms with Crippen molar-refractivity contribution in [1.82, 2.24) is 10.2 Å². The van der Waals surface area contributed by atoms with E-state index in [2.05, 4.69) is 53.2 Å². The number of rotatable bonds is 18. The second-order valence-electron chi connectivity index (χ2n) is 11.8. The van der Waals surface area contributed by atoms with Gasteiger partial charge in [-0.15, -0.1) is 10.1 Å². The molecule has 0 atom stereocenters.